The van der Waals surface area contributed by atoms with Crippen LogP contribution in [0.1, 0.15) is 25.7 Å². The Kier molecular flexibility index (Phi) is 13.9. The van der Waals surface area contributed by atoms with E-state index in [1.807, 2.05) is 0 Å². The number of carboxylic acid groups (broad SMARTS) is 2. The molecule has 0 aromatic rings. The van der Waals surface area contributed by atoms with Gasteiger partial charge < -0.3 is 37.6 Å². The molecule has 4 atom stereocenters. The third-order valence-electron chi connectivity index (χ3n) is 3.93. The molecule has 172 valence electrons. The maximum absolute atomic E-state index is 12.4. The fraction of sp³-hybridized carbons (Fsp3) is 0.688. The molecule has 0 aliphatic heterocycles. The minimum atomic E-state index is -1.57. The molecular formula is C16H29N5O7S2. The maximum Gasteiger partial charge on any atom is 0.327 e. The van der Waals surface area contributed by atoms with Crippen LogP contribution in [0.3, 0.4) is 0 Å². The molecule has 0 spiro atoms. The minimum absolute atomic E-state index is 0.150. The van der Waals surface area contributed by atoms with Gasteiger partial charge >= 0.3 is 11.9 Å². The van der Waals surface area contributed by atoms with Gasteiger partial charge in [-0.2, -0.15) is 25.3 Å². The number of nitrogens with one attached hydrogen (secondary N) is 3. The van der Waals surface area contributed by atoms with Gasteiger partial charge in [0.05, 0.1) is 12.5 Å². The van der Waals surface area contributed by atoms with Crippen LogP contribution in [0.2, 0.25) is 0 Å². The van der Waals surface area contributed by atoms with Crippen LogP contribution in [0, 0.1) is 0 Å². The molecule has 0 saturated heterocycles. The van der Waals surface area contributed by atoms with Gasteiger partial charge in [0, 0.05) is 11.5 Å². The molecule has 0 fully saturated rings. The third kappa shape index (κ3) is 10.7. The summed E-state index contributed by atoms with van der Waals surface area (Å²) < 4.78 is 0. The van der Waals surface area contributed by atoms with Crippen LogP contribution in [0.15, 0.2) is 0 Å². The first-order valence-corrected chi connectivity index (χ1v) is 10.4. The Hall–Kier alpha value is -2.03. The normalized spacial score (nSPS) is 14.7. The van der Waals surface area contributed by atoms with Crippen molar-refractivity contribution in [2.24, 2.45) is 11.5 Å². The number of hydrogen-bond donors (Lipinski definition) is 9. The van der Waals surface area contributed by atoms with Gasteiger partial charge in [0.15, 0.2) is 0 Å². The van der Waals surface area contributed by atoms with Crippen molar-refractivity contribution in [3.05, 3.63) is 0 Å². The highest BCUT2D eigenvalue weighted by molar-refractivity contribution is 7.80. The number of aliphatic carboxylic acids is 2. The van der Waals surface area contributed by atoms with Gasteiger partial charge in [0.25, 0.3) is 0 Å². The molecule has 3 amide bonds. The SMILES string of the molecule is NCCCCC(N)C(=O)NC(CS)C(=O)NC(CC(=O)O)C(=O)NC(CS)C(=O)O. The number of amides is 3. The molecule has 0 heterocycles. The van der Waals surface area contributed by atoms with Crippen molar-refractivity contribution >= 4 is 54.9 Å². The highest BCUT2D eigenvalue weighted by atomic mass is 32.1. The highest BCUT2D eigenvalue weighted by Crippen LogP contribution is 2.02. The van der Waals surface area contributed by atoms with Crippen LogP contribution in [-0.4, -0.2) is 82.1 Å². The van der Waals surface area contributed by atoms with Crippen LogP contribution in [0.5, 0.6) is 0 Å². The van der Waals surface area contributed by atoms with Crippen molar-refractivity contribution in [3.8, 4) is 0 Å². The lowest BCUT2D eigenvalue weighted by Crippen LogP contribution is -2.58. The second-order valence-corrected chi connectivity index (χ2v) is 7.11. The molecule has 4 unspecified atom stereocenters. The average Bonchev–Trinajstić information content (AvgIpc) is 2.68. The number of thiol groups is 2. The Morgan fingerprint density at radius 2 is 1.30 bits per heavy atom. The zero-order valence-corrected chi connectivity index (χ0v) is 18.0. The van der Waals surface area contributed by atoms with Gasteiger partial charge in [-0.3, -0.25) is 19.2 Å². The number of carbonyl (C=O) groups excluding carboxylic acids is 3. The monoisotopic (exact) mass is 467 g/mol. The first kappa shape index (κ1) is 28.0. The Bertz CT molecular complexity index is 623. The quantitative estimate of drug-likeness (QED) is 0.0904. The summed E-state index contributed by atoms with van der Waals surface area (Å²) >= 11 is 7.78. The molecular weight excluding hydrogens is 438 g/mol. The zero-order chi connectivity index (χ0) is 23.3. The first-order valence-electron chi connectivity index (χ1n) is 9.10. The fourth-order valence-electron chi connectivity index (χ4n) is 2.23. The molecule has 0 rings (SSSR count). The smallest absolute Gasteiger partial charge is 0.327 e. The second kappa shape index (κ2) is 14.9. The molecule has 0 aromatic carbocycles. The Morgan fingerprint density at radius 3 is 1.77 bits per heavy atom. The minimum Gasteiger partial charge on any atom is -0.481 e. The molecule has 0 saturated carbocycles. The second-order valence-electron chi connectivity index (χ2n) is 6.38. The molecule has 0 aromatic heterocycles. The summed E-state index contributed by atoms with van der Waals surface area (Å²) in [6.07, 6.45) is 0.864. The fourth-order valence-corrected chi connectivity index (χ4v) is 2.73. The van der Waals surface area contributed by atoms with Gasteiger partial charge in [0.2, 0.25) is 17.7 Å². The van der Waals surface area contributed by atoms with Gasteiger partial charge in [-0.05, 0) is 19.4 Å². The molecule has 0 bridgehead atoms. The van der Waals surface area contributed by atoms with E-state index >= 15 is 0 Å². The van der Waals surface area contributed by atoms with Crippen molar-refractivity contribution in [1.82, 2.24) is 16.0 Å². The van der Waals surface area contributed by atoms with E-state index in [0.29, 0.717) is 25.8 Å². The average molecular weight is 468 g/mol. The van der Waals surface area contributed by atoms with Crippen LogP contribution in [-0.2, 0) is 24.0 Å². The van der Waals surface area contributed by atoms with Gasteiger partial charge in [-0.1, -0.05) is 6.42 Å². The number of nitrogens with two attached hydrogens (primary N) is 2. The van der Waals surface area contributed by atoms with Crippen molar-refractivity contribution in [1.29, 1.82) is 0 Å². The highest BCUT2D eigenvalue weighted by Gasteiger charge is 2.30. The van der Waals surface area contributed by atoms with Crippen LogP contribution < -0.4 is 27.4 Å². The van der Waals surface area contributed by atoms with Gasteiger partial charge in [-0.15, -0.1) is 0 Å². The van der Waals surface area contributed by atoms with Crippen molar-refractivity contribution in [2.75, 3.05) is 18.1 Å². The standard InChI is InChI=1S/C16H29N5O7S2/c17-4-2-1-3-8(18)13(24)20-10(6-29)15(26)19-9(5-12(22)23)14(25)21-11(7-30)16(27)28/h8-11,29-30H,1-7,17-18H2,(H,19,26)(H,20,24)(H,21,25)(H,22,23)(H,27,28). The summed E-state index contributed by atoms with van der Waals surface area (Å²) in [5.41, 5.74) is 11.1. The summed E-state index contributed by atoms with van der Waals surface area (Å²) in [5, 5.41) is 24.6. The number of rotatable bonds is 15. The lowest BCUT2D eigenvalue weighted by atomic mass is 10.1. The van der Waals surface area contributed by atoms with E-state index in [-0.39, 0.29) is 11.5 Å². The summed E-state index contributed by atoms with van der Waals surface area (Å²) in [6, 6.07) is -5.02. The topological polar surface area (TPSA) is 214 Å². The number of hydrogen-bond acceptors (Lipinski definition) is 9. The lowest BCUT2D eigenvalue weighted by molar-refractivity contribution is -0.143. The predicted octanol–water partition coefficient (Wildman–Crippen LogP) is -2.68. The molecule has 12 nitrogen and oxygen atoms in total. The Morgan fingerprint density at radius 1 is 0.800 bits per heavy atom. The Labute approximate surface area is 184 Å². The largest absolute Gasteiger partial charge is 0.481 e. The van der Waals surface area contributed by atoms with Gasteiger partial charge in [0.1, 0.15) is 18.1 Å². The summed E-state index contributed by atoms with van der Waals surface area (Å²) in [5.74, 6) is -5.66. The number of carboxylic acids is 2. The Balaban J connectivity index is 5.08. The number of unbranched alkanes of at least 4 members (excludes halogenated alkanes) is 1. The van der Waals surface area contributed by atoms with Crippen LogP contribution in [0.25, 0.3) is 0 Å². The summed E-state index contributed by atoms with van der Waals surface area (Å²) in [7, 11) is 0. The van der Waals surface area contributed by atoms with E-state index in [4.69, 9.17) is 21.7 Å². The molecule has 14 heteroatoms. The van der Waals surface area contributed by atoms with Crippen molar-refractivity contribution < 1.29 is 34.2 Å². The lowest BCUT2D eigenvalue weighted by Gasteiger charge is -2.23. The van der Waals surface area contributed by atoms with Crippen LogP contribution in [0.4, 0.5) is 0 Å². The molecule has 30 heavy (non-hydrogen) atoms. The van der Waals surface area contributed by atoms with E-state index in [1.54, 1.807) is 0 Å². The summed E-state index contributed by atoms with van der Waals surface area (Å²) in [6.45, 7) is 0.457. The van der Waals surface area contributed by atoms with Gasteiger partial charge in [-0.25, -0.2) is 4.79 Å². The van der Waals surface area contributed by atoms with Crippen molar-refractivity contribution in [3.63, 3.8) is 0 Å². The molecule has 0 aliphatic carbocycles. The molecule has 9 N–H and O–H groups in total. The number of carbonyl (C=O) groups is 5. The predicted molar refractivity (Wildman–Crippen MR) is 114 cm³/mol. The third-order valence-corrected chi connectivity index (χ3v) is 4.66. The zero-order valence-electron chi connectivity index (χ0n) is 16.2. The van der Waals surface area contributed by atoms with Crippen molar-refractivity contribution in [2.45, 2.75) is 49.9 Å². The maximum atomic E-state index is 12.4. The van der Waals surface area contributed by atoms with E-state index in [0.717, 1.165) is 0 Å². The molecule has 0 aliphatic rings. The van der Waals surface area contributed by atoms with E-state index < -0.39 is 60.2 Å². The van der Waals surface area contributed by atoms with E-state index in [2.05, 4.69) is 41.2 Å². The first-order chi connectivity index (χ1) is 14.1. The molecule has 0 radical (unpaired) electrons. The van der Waals surface area contributed by atoms with E-state index in [9.17, 15) is 24.0 Å². The summed E-state index contributed by atoms with van der Waals surface area (Å²) in [4.78, 5) is 58.9. The van der Waals surface area contributed by atoms with E-state index in [1.165, 1.54) is 0 Å². The van der Waals surface area contributed by atoms with Crippen LogP contribution >= 0.6 is 25.3 Å².